The van der Waals surface area contributed by atoms with Gasteiger partial charge in [0.2, 0.25) is 11.8 Å². The van der Waals surface area contributed by atoms with E-state index in [-0.39, 0.29) is 18.4 Å². The summed E-state index contributed by atoms with van der Waals surface area (Å²) in [5.41, 5.74) is 1.89. The van der Waals surface area contributed by atoms with Crippen molar-refractivity contribution in [1.29, 1.82) is 0 Å². The molecule has 2 aromatic carbocycles. The Hall–Kier alpha value is -3.41. The van der Waals surface area contributed by atoms with Crippen LogP contribution in [0.15, 0.2) is 65.2 Å². The van der Waals surface area contributed by atoms with Crippen LogP contribution < -0.4 is 10.6 Å². The summed E-state index contributed by atoms with van der Waals surface area (Å²) in [4.78, 5) is 28.5. The lowest BCUT2D eigenvalue weighted by molar-refractivity contribution is -0.120. The number of hydrogen-bond acceptors (Lipinski definition) is 4. The Balaban J connectivity index is 1.77. The highest BCUT2D eigenvalue weighted by Gasteiger charge is 2.17. The molecule has 27 heavy (non-hydrogen) atoms. The van der Waals surface area contributed by atoms with Crippen LogP contribution in [0.1, 0.15) is 23.7 Å². The molecule has 0 radical (unpaired) electrons. The Morgan fingerprint density at radius 3 is 2.52 bits per heavy atom. The van der Waals surface area contributed by atoms with Crippen molar-refractivity contribution >= 4 is 11.8 Å². The summed E-state index contributed by atoms with van der Waals surface area (Å²) in [6.45, 7) is 2.48. The number of aromatic nitrogens is 1. The zero-order valence-corrected chi connectivity index (χ0v) is 15.1. The molecule has 0 bridgehead atoms. The number of oxazole rings is 1. The van der Waals surface area contributed by atoms with E-state index in [9.17, 15) is 9.59 Å². The summed E-state index contributed by atoms with van der Waals surface area (Å²) in [6.07, 6.45) is 2.48. The standard InChI is InChI=1S/C21H21N3O3/c1-2-12-22-19(25)14-23-20(26)16-10-6-7-11-17(16)21-24-13-18(27-21)15-8-4-3-5-9-15/h3-11,13H,2,12,14H2,1H3,(H,22,25)(H,23,26). The Morgan fingerprint density at radius 1 is 1.00 bits per heavy atom. The van der Waals surface area contributed by atoms with Crippen molar-refractivity contribution in [3.05, 3.63) is 66.4 Å². The number of hydrogen-bond donors (Lipinski definition) is 2. The first-order valence-corrected chi connectivity index (χ1v) is 8.84. The van der Waals surface area contributed by atoms with E-state index in [0.29, 0.717) is 29.3 Å². The predicted molar refractivity (Wildman–Crippen MR) is 103 cm³/mol. The molecule has 0 aliphatic rings. The summed E-state index contributed by atoms with van der Waals surface area (Å²) < 4.78 is 5.85. The number of carbonyl (C=O) groups is 2. The monoisotopic (exact) mass is 363 g/mol. The third kappa shape index (κ3) is 4.61. The van der Waals surface area contributed by atoms with Gasteiger partial charge in [0, 0.05) is 17.7 Å². The van der Waals surface area contributed by atoms with Gasteiger partial charge in [-0.3, -0.25) is 9.59 Å². The van der Waals surface area contributed by atoms with E-state index in [0.717, 1.165) is 12.0 Å². The molecule has 6 nitrogen and oxygen atoms in total. The Bertz CT molecular complexity index is 919. The van der Waals surface area contributed by atoms with Crippen LogP contribution >= 0.6 is 0 Å². The van der Waals surface area contributed by atoms with Crippen LogP contribution in [0.25, 0.3) is 22.8 Å². The number of rotatable bonds is 7. The molecule has 6 heteroatoms. The number of benzene rings is 2. The first kappa shape index (κ1) is 18.4. The fourth-order valence-electron chi connectivity index (χ4n) is 2.58. The van der Waals surface area contributed by atoms with Crippen LogP contribution in [0.4, 0.5) is 0 Å². The third-order valence-electron chi connectivity index (χ3n) is 3.95. The molecule has 1 heterocycles. The number of amides is 2. The van der Waals surface area contributed by atoms with Crippen LogP contribution in [0.5, 0.6) is 0 Å². The van der Waals surface area contributed by atoms with Gasteiger partial charge in [-0.25, -0.2) is 4.98 Å². The summed E-state index contributed by atoms with van der Waals surface area (Å²) in [6, 6.07) is 16.6. The minimum Gasteiger partial charge on any atom is -0.436 e. The average Bonchev–Trinajstić information content (AvgIpc) is 3.21. The highest BCUT2D eigenvalue weighted by atomic mass is 16.4. The lowest BCUT2D eigenvalue weighted by atomic mass is 10.1. The van der Waals surface area contributed by atoms with Crippen molar-refractivity contribution < 1.29 is 14.0 Å². The Labute approximate surface area is 157 Å². The molecular formula is C21H21N3O3. The van der Waals surface area contributed by atoms with Crippen LogP contribution in [-0.4, -0.2) is 29.9 Å². The second kappa shape index (κ2) is 8.80. The normalized spacial score (nSPS) is 10.4. The van der Waals surface area contributed by atoms with Crippen molar-refractivity contribution in [2.75, 3.05) is 13.1 Å². The van der Waals surface area contributed by atoms with E-state index < -0.39 is 0 Å². The van der Waals surface area contributed by atoms with E-state index in [2.05, 4.69) is 15.6 Å². The van der Waals surface area contributed by atoms with E-state index in [1.54, 1.807) is 24.4 Å². The topological polar surface area (TPSA) is 84.2 Å². The van der Waals surface area contributed by atoms with Gasteiger partial charge in [-0.05, 0) is 18.6 Å². The van der Waals surface area contributed by atoms with E-state index in [1.807, 2.05) is 43.3 Å². The molecule has 0 fully saturated rings. The molecule has 3 aromatic rings. The van der Waals surface area contributed by atoms with Gasteiger partial charge in [0.1, 0.15) is 0 Å². The van der Waals surface area contributed by atoms with E-state index >= 15 is 0 Å². The molecule has 2 amide bonds. The van der Waals surface area contributed by atoms with Crippen molar-refractivity contribution in [2.24, 2.45) is 0 Å². The average molecular weight is 363 g/mol. The zero-order valence-electron chi connectivity index (χ0n) is 15.1. The van der Waals surface area contributed by atoms with Crippen molar-refractivity contribution in [2.45, 2.75) is 13.3 Å². The zero-order chi connectivity index (χ0) is 19.1. The maximum absolute atomic E-state index is 12.5. The fourth-order valence-corrected chi connectivity index (χ4v) is 2.58. The van der Waals surface area contributed by atoms with E-state index in [1.165, 1.54) is 0 Å². The molecule has 0 aliphatic heterocycles. The highest BCUT2D eigenvalue weighted by molar-refractivity contribution is 6.01. The van der Waals surface area contributed by atoms with Gasteiger partial charge >= 0.3 is 0 Å². The number of nitrogens with zero attached hydrogens (tertiary/aromatic N) is 1. The first-order valence-electron chi connectivity index (χ1n) is 8.84. The van der Waals surface area contributed by atoms with Crippen LogP contribution in [-0.2, 0) is 4.79 Å². The number of nitrogens with one attached hydrogen (secondary N) is 2. The molecule has 3 rings (SSSR count). The SMILES string of the molecule is CCCNC(=O)CNC(=O)c1ccccc1-c1ncc(-c2ccccc2)o1. The van der Waals surface area contributed by atoms with Crippen LogP contribution in [0.3, 0.4) is 0 Å². The molecule has 0 saturated carbocycles. The smallest absolute Gasteiger partial charge is 0.252 e. The molecule has 0 spiro atoms. The van der Waals surface area contributed by atoms with Crippen molar-refractivity contribution in [1.82, 2.24) is 15.6 Å². The van der Waals surface area contributed by atoms with Gasteiger partial charge in [0.05, 0.1) is 18.3 Å². The van der Waals surface area contributed by atoms with Gasteiger partial charge in [-0.1, -0.05) is 49.4 Å². The third-order valence-corrected chi connectivity index (χ3v) is 3.95. The Morgan fingerprint density at radius 2 is 1.74 bits per heavy atom. The maximum atomic E-state index is 12.5. The first-order chi connectivity index (χ1) is 13.2. The predicted octanol–water partition coefficient (Wildman–Crippen LogP) is 3.26. The molecule has 0 aliphatic carbocycles. The van der Waals surface area contributed by atoms with Crippen molar-refractivity contribution in [3.63, 3.8) is 0 Å². The lowest BCUT2D eigenvalue weighted by Gasteiger charge is -2.08. The molecule has 2 N–H and O–H groups in total. The van der Waals surface area contributed by atoms with Gasteiger partial charge in [-0.15, -0.1) is 0 Å². The summed E-state index contributed by atoms with van der Waals surface area (Å²) in [7, 11) is 0. The number of carbonyl (C=O) groups excluding carboxylic acids is 2. The molecule has 1 aromatic heterocycles. The molecular weight excluding hydrogens is 342 g/mol. The second-order valence-electron chi connectivity index (χ2n) is 5.97. The van der Waals surface area contributed by atoms with Gasteiger partial charge in [-0.2, -0.15) is 0 Å². The van der Waals surface area contributed by atoms with Crippen LogP contribution in [0, 0.1) is 0 Å². The maximum Gasteiger partial charge on any atom is 0.252 e. The molecule has 0 saturated heterocycles. The minimum absolute atomic E-state index is 0.0754. The molecule has 0 atom stereocenters. The summed E-state index contributed by atoms with van der Waals surface area (Å²) in [5, 5.41) is 5.36. The van der Waals surface area contributed by atoms with Crippen molar-refractivity contribution in [3.8, 4) is 22.8 Å². The van der Waals surface area contributed by atoms with Gasteiger partial charge in [0.25, 0.3) is 5.91 Å². The van der Waals surface area contributed by atoms with Gasteiger partial charge in [0.15, 0.2) is 5.76 Å². The largest absolute Gasteiger partial charge is 0.436 e. The molecule has 0 unspecified atom stereocenters. The quantitative estimate of drug-likeness (QED) is 0.675. The summed E-state index contributed by atoms with van der Waals surface area (Å²) in [5.74, 6) is 0.414. The lowest BCUT2D eigenvalue weighted by Crippen LogP contribution is -2.37. The molecule has 138 valence electrons. The fraction of sp³-hybridized carbons (Fsp3) is 0.190. The minimum atomic E-state index is -0.350. The van der Waals surface area contributed by atoms with Crippen LogP contribution in [0.2, 0.25) is 0 Å². The highest BCUT2D eigenvalue weighted by Crippen LogP contribution is 2.28. The second-order valence-corrected chi connectivity index (χ2v) is 5.97. The Kier molecular flexibility index (Phi) is 5.99. The summed E-state index contributed by atoms with van der Waals surface area (Å²) >= 11 is 0. The van der Waals surface area contributed by atoms with E-state index in [4.69, 9.17) is 4.42 Å². The van der Waals surface area contributed by atoms with Gasteiger partial charge < -0.3 is 15.1 Å².